The van der Waals surface area contributed by atoms with Crippen LogP contribution in [0.15, 0.2) is 29.2 Å². The van der Waals surface area contributed by atoms with Crippen LogP contribution in [0.3, 0.4) is 0 Å². The molecular formula is C15H22N2O4S. The molecule has 2 fully saturated rings. The number of morpholine rings is 2. The molecule has 0 amide bonds. The van der Waals surface area contributed by atoms with Gasteiger partial charge in [0, 0.05) is 32.7 Å². The average molecular weight is 326 g/mol. The van der Waals surface area contributed by atoms with Crippen molar-refractivity contribution in [1.29, 1.82) is 0 Å². The molecule has 0 unspecified atom stereocenters. The van der Waals surface area contributed by atoms with Crippen LogP contribution in [0.5, 0.6) is 0 Å². The molecule has 7 heteroatoms. The first-order valence-corrected chi connectivity index (χ1v) is 9.07. The second kappa shape index (κ2) is 7.06. The molecule has 1 aromatic rings. The molecule has 1 aromatic carbocycles. The minimum atomic E-state index is -3.42. The molecule has 0 atom stereocenters. The number of rotatable bonds is 4. The molecule has 0 radical (unpaired) electrons. The van der Waals surface area contributed by atoms with Crippen molar-refractivity contribution in [3.63, 3.8) is 0 Å². The van der Waals surface area contributed by atoms with E-state index in [1.807, 2.05) is 12.1 Å². The van der Waals surface area contributed by atoms with Crippen molar-refractivity contribution in [3.8, 4) is 0 Å². The Kier molecular flexibility index (Phi) is 5.10. The molecule has 0 saturated carbocycles. The molecular weight excluding hydrogens is 304 g/mol. The van der Waals surface area contributed by atoms with Gasteiger partial charge in [-0.2, -0.15) is 4.31 Å². The Hall–Kier alpha value is -0.990. The highest BCUT2D eigenvalue weighted by Crippen LogP contribution is 2.19. The normalized spacial score (nSPS) is 21.8. The second-order valence-corrected chi connectivity index (χ2v) is 7.49. The summed E-state index contributed by atoms with van der Waals surface area (Å²) in [6, 6.07) is 7.27. The summed E-state index contributed by atoms with van der Waals surface area (Å²) < 4.78 is 37.4. The molecule has 0 bridgehead atoms. The molecule has 122 valence electrons. The summed E-state index contributed by atoms with van der Waals surface area (Å²) >= 11 is 0. The lowest BCUT2D eigenvalue weighted by molar-refractivity contribution is 0.0341. The first-order valence-electron chi connectivity index (χ1n) is 7.63. The molecule has 0 aliphatic carbocycles. The van der Waals surface area contributed by atoms with Gasteiger partial charge in [-0.25, -0.2) is 8.42 Å². The van der Waals surface area contributed by atoms with Crippen molar-refractivity contribution in [2.45, 2.75) is 11.4 Å². The van der Waals surface area contributed by atoms with E-state index < -0.39 is 10.0 Å². The first-order chi connectivity index (χ1) is 10.7. The maximum absolute atomic E-state index is 12.7. The van der Waals surface area contributed by atoms with Gasteiger partial charge in [0.05, 0.1) is 31.3 Å². The summed E-state index contributed by atoms with van der Waals surface area (Å²) in [5.41, 5.74) is 1.02. The van der Waals surface area contributed by atoms with Gasteiger partial charge in [0.15, 0.2) is 0 Å². The van der Waals surface area contributed by atoms with Crippen LogP contribution in [-0.4, -0.2) is 70.2 Å². The number of hydrogen-bond acceptors (Lipinski definition) is 5. The van der Waals surface area contributed by atoms with Crippen molar-refractivity contribution in [2.75, 3.05) is 52.6 Å². The summed E-state index contributed by atoms with van der Waals surface area (Å²) in [7, 11) is -3.42. The first kappa shape index (κ1) is 15.9. The predicted octanol–water partition coefficient (Wildman–Crippen LogP) is 0.540. The molecule has 2 heterocycles. The summed E-state index contributed by atoms with van der Waals surface area (Å²) in [5.74, 6) is 0. The van der Waals surface area contributed by atoms with Gasteiger partial charge in [0.2, 0.25) is 10.0 Å². The van der Waals surface area contributed by atoms with Crippen LogP contribution >= 0.6 is 0 Å². The minimum absolute atomic E-state index is 0.375. The Morgan fingerprint density at radius 2 is 1.59 bits per heavy atom. The summed E-state index contributed by atoms with van der Waals surface area (Å²) in [6.45, 7) is 5.81. The van der Waals surface area contributed by atoms with E-state index in [0.717, 1.165) is 38.4 Å². The van der Waals surface area contributed by atoms with E-state index in [1.165, 1.54) is 4.31 Å². The third-order valence-corrected chi connectivity index (χ3v) is 5.91. The van der Waals surface area contributed by atoms with Crippen molar-refractivity contribution < 1.29 is 17.9 Å². The molecule has 6 nitrogen and oxygen atoms in total. The third-order valence-electron chi connectivity index (χ3n) is 4.02. The Morgan fingerprint density at radius 3 is 2.27 bits per heavy atom. The van der Waals surface area contributed by atoms with E-state index in [1.54, 1.807) is 12.1 Å². The van der Waals surface area contributed by atoms with Crippen LogP contribution in [0.2, 0.25) is 0 Å². The lowest BCUT2D eigenvalue weighted by Gasteiger charge is -2.27. The number of hydrogen-bond donors (Lipinski definition) is 0. The summed E-state index contributed by atoms with van der Waals surface area (Å²) in [4.78, 5) is 2.66. The van der Waals surface area contributed by atoms with Gasteiger partial charge < -0.3 is 9.47 Å². The Morgan fingerprint density at radius 1 is 0.955 bits per heavy atom. The van der Waals surface area contributed by atoms with Gasteiger partial charge in [-0.15, -0.1) is 0 Å². The molecule has 2 saturated heterocycles. The zero-order chi connectivity index (χ0) is 15.4. The van der Waals surface area contributed by atoms with Gasteiger partial charge in [0.1, 0.15) is 0 Å². The predicted molar refractivity (Wildman–Crippen MR) is 82.1 cm³/mol. The number of sulfonamides is 1. The minimum Gasteiger partial charge on any atom is -0.379 e. The molecule has 3 rings (SSSR count). The fourth-order valence-corrected chi connectivity index (χ4v) is 4.24. The maximum atomic E-state index is 12.7. The van der Waals surface area contributed by atoms with Crippen molar-refractivity contribution in [3.05, 3.63) is 29.8 Å². The van der Waals surface area contributed by atoms with Crippen molar-refractivity contribution >= 4 is 10.0 Å². The Labute approximate surface area is 131 Å². The lowest BCUT2D eigenvalue weighted by atomic mass is 10.2. The van der Waals surface area contributed by atoms with Crippen LogP contribution in [0.25, 0.3) is 0 Å². The largest absolute Gasteiger partial charge is 0.379 e. The Balaban J connectivity index is 1.74. The third kappa shape index (κ3) is 3.67. The quantitative estimate of drug-likeness (QED) is 0.808. The number of benzene rings is 1. The maximum Gasteiger partial charge on any atom is 0.243 e. The number of nitrogens with zero attached hydrogens (tertiary/aromatic N) is 2. The average Bonchev–Trinajstić information content (AvgIpc) is 2.57. The fourth-order valence-electron chi connectivity index (χ4n) is 2.76. The van der Waals surface area contributed by atoms with Crippen LogP contribution in [-0.2, 0) is 26.0 Å². The van der Waals surface area contributed by atoms with E-state index in [0.29, 0.717) is 31.2 Å². The monoisotopic (exact) mass is 326 g/mol. The van der Waals surface area contributed by atoms with Gasteiger partial charge in [-0.05, 0) is 17.7 Å². The van der Waals surface area contributed by atoms with E-state index in [9.17, 15) is 8.42 Å². The lowest BCUT2D eigenvalue weighted by Crippen LogP contribution is -2.40. The standard InChI is InChI=1S/C15H22N2O4S/c18-22(19,17-6-10-21-11-7-17)15-3-1-2-14(12-15)13-16-4-8-20-9-5-16/h1-3,12H,4-11,13H2. The van der Waals surface area contributed by atoms with Crippen LogP contribution < -0.4 is 0 Å². The fraction of sp³-hybridized carbons (Fsp3) is 0.600. The van der Waals surface area contributed by atoms with E-state index in [-0.39, 0.29) is 0 Å². The highest BCUT2D eigenvalue weighted by molar-refractivity contribution is 7.89. The number of ether oxygens (including phenoxy) is 2. The van der Waals surface area contributed by atoms with Gasteiger partial charge in [-0.3, -0.25) is 4.90 Å². The second-order valence-electron chi connectivity index (χ2n) is 5.55. The smallest absolute Gasteiger partial charge is 0.243 e. The topological polar surface area (TPSA) is 59.1 Å². The zero-order valence-electron chi connectivity index (χ0n) is 12.6. The van der Waals surface area contributed by atoms with Crippen LogP contribution in [0.4, 0.5) is 0 Å². The highest BCUT2D eigenvalue weighted by Gasteiger charge is 2.26. The molecule has 0 spiro atoms. The summed E-state index contributed by atoms with van der Waals surface area (Å²) in [5, 5.41) is 0. The zero-order valence-corrected chi connectivity index (χ0v) is 13.4. The van der Waals surface area contributed by atoms with E-state index >= 15 is 0 Å². The highest BCUT2D eigenvalue weighted by atomic mass is 32.2. The molecule has 0 aromatic heterocycles. The van der Waals surface area contributed by atoms with E-state index in [2.05, 4.69) is 4.90 Å². The van der Waals surface area contributed by atoms with Gasteiger partial charge in [0.25, 0.3) is 0 Å². The van der Waals surface area contributed by atoms with Crippen LogP contribution in [0, 0.1) is 0 Å². The van der Waals surface area contributed by atoms with Gasteiger partial charge in [-0.1, -0.05) is 12.1 Å². The Bertz CT molecular complexity index is 593. The SMILES string of the molecule is O=S(=O)(c1cccc(CN2CCOCC2)c1)N1CCOCC1. The summed E-state index contributed by atoms with van der Waals surface area (Å²) in [6.07, 6.45) is 0. The van der Waals surface area contributed by atoms with Crippen molar-refractivity contribution in [1.82, 2.24) is 9.21 Å². The molecule has 2 aliphatic rings. The van der Waals surface area contributed by atoms with Crippen LogP contribution in [0.1, 0.15) is 5.56 Å². The molecule has 22 heavy (non-hydrogen) atoms. The van der Waals surface area contributed by atoms with Crippen molar-refractivity contribution in [2.24, 2.45) is 0 Å². The van der Waals surface area contributed by atoms with E-state index in [4.69, 9.17) is 9.47 Å². The van der Waals surface area contributed by atoms with Gasteiger partial charge >= 0.3 is 0 Å². The molecule has 2 aliphatic heterocycles. The molecule has 0 N–H and O–H groups in total.